The average molecular weight is 1520 g/mol. The lowest BCUT2D eigenvalue weighted by Gasteiger charge is -2.25. The molecule has 1 aliphatic rings. The number of halogens is 1. The van der Waals surface area contributed by atoms with E-state index in [1.165, 1.54) is 41.5 Å². The highest BCUT2D eigenvalue weighted by Gasteiger charge is 2.21. The number of amides is 8. The van der Waals surface area contributed by atoms with Crippen molar-refractivity contribution in [2.75, 3.05) is 59.0 Å². The molecule has 110 heavy (non-hydrogen) atoms. The van der Waals surface area contributed by atoms with Gasteiger partial charge in [-0.15, -0.1) is 0 Å². The maximum Gasteiger partial charge on any atom is 0.323 e. The molecular formula is C85H88FN11O11S2. The van der Waals surface area contributed by atoms with Crippen molar-refractivity contribution in [2.24, 2.45) is 5.41 Å². The van der Waals surface area contributed by atoms with Crippen molar-refractivity contribution in [3.8, 4) is 0 Å². The first-order valence-corrected chi connectivity index (χ1v) is 38.6. The highest BCUT2D eigenvalue weighted by atomic mass is 32.2. The number of fused-ring (bicyclic) bond motifs is 1. The zero-order valence-electron chi connectivity index (χ0n) is 61.7. The normalized spacial score (nSPS) is 11.7. The van der Waals surface area contributed by atoms with E-state index in [0.717, 1.165) is 44.8 Å². The number of hydrogen-bond acceptors (Lipinski definition) is 12. The molecule has 2 heterocycles. The number of para-hydroxylation sites is 4. The minimum atomic E-state index is -3.47. The Morgan fingerprint density at radius 3 is 1.72 bits per heavy atom. The summed E-state index contributed by atoms with van der Waals surface area (Å²) in [4.78, 5) is 93.1. The van der Waals surface area contributed by atoms with E-state index in [1.54, 1.807) is 103 Å². The molecule has 11 aromatic rings. The van der Waals surface area contributed by atoms with Gasteiger partial charge in [0.25, 0.3) is 11.8 Å². The van der Waals surface area contributed by atoms with Crippen LogP contribution in [0.4, 0.5) is 42.4 Å². The number of benzene rings is 10. The summed E-state index contributed by atoms with van der Waals surface area (Å²) < 4.78 is 62.5. The number of rotatable bonds is 20. The molecule has 0 bridgehead atoms. The molecule has 1 saturated heterocycles. The molecule has 12 rings (SSSR count). The third-order valence-electron chi connectivity index (χ3n) is 15.9. The van der Waals surface area contributed by atoms with E-state index < -0.39 is 25.9 Å². The molecule has 0 radical (unpaired) electrons. The van der Waals surface area contributed by atoms with Crippen LogP contribution in [0, 0.1) is 25.1 Å². The quantitative estimate of drug-likeness (QED) is 0.0254. The van der Waals surface area contributed by atoms with Crippen LogP contribution in [-0.2, 0) is 48.2 Å². The van der Waals surface area contributed by atoms with Gasteiger partial charge in [0.15, 0.2) is 15.6 Å². The number of carbonyl (C=O) groups is 7. The van der Waals surface area contributed by atoms with Gasteiger partial charge in [0.05, 0.1) is 28.2 Å². The average Bonchev–Trinajstić information content (AvgIpc) is 1.61. The monoisotopic (exact) mass is 1520 g/mol. The second-order valence-corrected chi connectivity index (χ2v) is 30.5. The van der Waals surface area contributed by atoms with Crippen molar-refractivity contribution in [3.05, 3.63) is 323 Å². The zero-order valence-corrected chi connectivity index (χ0v) is 63.4. The van der Waals surface area contributed by atoms with E-state index in [-0.39, 0.29) is 63.9 Å². The molecule has 1 fully saturated rings. The van der Waals surface area contributed by atoms with Gasteiger partial charge in [0.2, 0.25) is 21.8 Å². The Bertz CT molecular complexity index is 5170. The summed E-state index contributed by atoms with van der Waals surface area (Å²) >= 11 is 0. The number of sulfone groups is 1. The Labute approximate surface area is 640 Å². The predicted octanol–water partition coefficient (Wildman–Crippen LogP) is 15.2. The summed E-state index contributed by atoms with van der Waals surface area (Å²) in [6, 6.07) is 75.3. The molecule has 9 N–H and O–H groups in total. The number of urea groups is 2. The number of imidazole rings is 1. The van der Waals surface area contributed by atoms with Gasteiger partial charge in [-0.25, -0.2) is 40.5 Å². The number of ketones is 1. The molecule has 0 saturated carbocycles. The maximum atomic E-state index is 12.9. The van der Waals surface area contributed by atoms with Crippen molar-refractivity contribution in [2.45, 2.75) is 64.7 Å². The molecular weight excluding hydrogens is 1430 g/mol. The van der Waals surface area contributed by atoms with E-state index in [1.807, 2.05) is 174 Å². The van der Waals surface area contributed by atoms with Crippen LogP contribution >= 0.6 is 0 Å². The fourth-order valence-corrected chi connectivity index (χ4v) is 12.3. The molecule has 0 unspecified atom stereocenters. The maximum absolute atomic E-state index is 12.9. The summed E-state index contributed by atoms with van der Waals surface area (Å²) in [6.45, 7) is 11.9. The minimum Gasteiger partial charge on any atom is -0.353 e. The number of hydrogen-bond donors (Lipinski definition) is 9. The van der Waals surface area contributed by atoms with E-state index >= 15 is 0 Å². The van der Waals surface area contributed by atoms with E-state index in [0.29, 0.717) is 84.0 Å². The number of carbonyl (C=O) groups excluding carboxylic acids is 7. The summed E-state index contributed by atoms with van der Waals surface area (Å²) in [5.41, 5.74) is 10.8. The largest absolute Gasteiger partial charge is 0.353 e. The van der Waals surface area contributed by atoms with Gasteiger partial charge in [-0.05, 0) is 157 Å². The van der Waals surface area contributed by atoms with E-state index in [2.05, 4.69) is 51.9 Å². The van der Waals surface area contributed by atoms with E-state index in [4.69, 9.17) is 0 Å². The van der Waals surface area contributed by atoms with Gasteiger partial charge < -0.3 is 47.1 Å². The summed E-state index contributed by atoms with van der Waals surface area (Å²) in [7, 11) is -6.59. The lowest BCUT2D eigenvalue weighted by Crippen LogP contribution is -2.49. The molecule has 10 aromatic carbocycles. The van der Waals surface area contributed by atoms with Crippen LogP contribution in [0.5, 0.6) is 0 Å². The van der Waals surface area contributed by atoms with Gasteiger partial charge in [-0.1, -0.05) is 178 Å². The first kappa shape index (κ1) is 82.9. The van der Waals surface area contributed by atoms with E-state index in [9.17, 15) is 54.8 Å². The number of Topliss-reactive ketones (excluding diaryl/α,β-unsaturated/α-hetero) is 1. The number of nitrogens with zero attached hydrogens (tertiary/aromatic N) is 2. The number of piperazine rings is 1. The first-order chi connectivity index (χ1) is 52.6. The predicted molar refractivity (Wildman–Crippen MR) is 432 cm³/mol. The number of aromatic amines is 1. The molecule has 1 aromatic heterocycles. The molecule has 1 aliphatic heterocycles. The number of nitrogens with one attached hydrogen (secondary N) is 9. The van der Waals surface area contributed by atoms with Crippen LogP contribution < -0.4 is 41.9 Å². The second kappa shape index (κ2) is 40.9. The second-order valence-electron chi connectivity index (χ2n) is 26.6. The van der Waals surface area contributed by atoms with Crippen LogP contribution in [0.1, 0.15) is 91.9 Å². The van der Waals surface area contributed by atoms with Crippen LogP contribution in [0.15, 0.2) is 272 Å². The number of aryl methyl sites for hydroxylation is 2. The molecule has 0 spiro atoms. The third kappa shape index (κ3) is 29.2. The van der Waals surface area contributed by atoms with Gasteiger partial charge in [-0.3, -0.25) is 24.0 Å². The van der Waals surface area contributed by atoms with Crippen LogP contribution in [-0.4, -0.2) is 106 Å². The van der Waals surface area contributed by atoms with Gasteiger partial charge in [0, 0.05) is 96.5 Å². The third-order valence-corrected chi connectivity index (χ3v) is 18.3. The Hall–Kier alpha value is -12.7. The Balaban J connectivity index is 0.000000174. The van der Waals surface area contributed by atoms with Crippen molar-refractivity contribution in [3.63, 3.8) is 0 Å². The molecule has 25 heteroatoms. The zero-order chi connectivity index (χ0) is 79.1. The van der Waals surface area contributed by atoms with Crippen LogP contribution in [0.25, 0.3) is 17.1 Å². The van der Waals surface area contributed by atoms with Crippen LogP contribution in [0.2, 0.25) is 0 Å². The number of sulfonamides is 1. The van der Waals surface area contributed by atoms with Crippen molar-refractivity contribution < 1.29 is 54.8 Å². The SMILES string of the molecule is CC(C)(C)CC(=O)c1cccc(NC(=O)Nc2ccccc2)c1.Cc1ccc(S(=O)(=O)NCCc2nc3ccccc3[nH]2)cc1.Cc1ccccc1NC(=O)c1cccc(CS(C)(=O)=O)c1.O=C(Nc1ccc(F)cc1)Nc1cccc(C(=O)NCc2ccccc2)c1.O=C1CN(C(=O)/C=C/c2ccccc2)CCN1. The molecule has 8 amide bonds. The van der Waals surface area contributed by atoms with Crippen molar-refractivity contribution in [1.82, 2.24) is 30.2 Å². The summed E-state index contributed by atoms with van der Waals surface area (Å²) in [6.07, 6.45) is 5.42. The topological polar surface area (TPSA) is 316 Å². The Morgan fingerprint density at radius 2 is 1.10 bits per heavy atom. The van der Waals surface area contributed by atoms with Gasteiger partial charge in [-0.2, -0.15) is 0 Å². The summed E-state index contributed by atoms with van der Waals surface area (Å²) in [5.74, 6) is -0.312. The van der Waals surface area contributed by atoms with Gasteiger partial charge >= 0.3 is 12.1 Å². The molecule has 0 aliphatic carbocycles. The Kier molecular flexibility index (Phi) is 30.8. The first-order valence-electron chi connectivity index (χ1n) is 35.0. The van der Waals surface area contributed by atoms with Gasteiger partial charge in [0.1, 0.15) is 11.6 Å². The lowest BCUT2D eigenvalue weighted by molar-refractivity contribution is -0.134. The van der Waals surface area contributed by atoms with Crippen molar-refractivity contribution in [1.29, 1.82) is 0 Å². The standard InChI is InChI=1S/C21H18FN3O2.C19H22N2O2.C16H17N3O2S.C16H17NO3S.C13H14N2O2/c22-17-9-11-18(12-10-17)24-21(27)25-19-8-4-7-16(13-19)20(26)23-14-15-5-2-1-3-6-15;1-19(2,3)13-17(22)14-8-7-11-16(12-14)21-18(23)20-15-9-5-4-6-10-15;1-12-6-8-13(9-7-12)22(20,21)17-11-10-16-18-14-4-2-3-5-15(14)19-16;1-12-6-3-4-9-15(12)17-16(18)14-8-5-7-13(10-14)11-21(2,19)20;16-12-10-15(9-8-14-12)13(17)7-6-11-4-2-1-3-5-11/h1-13H,14H2,(H,23,26)(H2,24,25,27);4-12H,13H2,1-3H3,(H2,20,21,23);2-9,17H,10-11H2,1H3,(H,18,19);3-10H,11H2,1-2H3,(H,17,18);1-7H,8-10H2,(H,14,16)/b;;;;7-6+. The number of anilines is 5. The minimum absolute atomic E-state index is 0.0643. The number of aromatic nitrogens is 2. The van der Waals surface area contributed by atoms with Crippen molar-refractivity contribution >= 4 is 107 Å². The fourth-order valence-electron chi connectivity index (χ4n) is 10.5. The highest BCUT2D eigenvalue weighted by molar-refractivity contribution is 7.90. The lowest BCUT2D eigenvalue weighted by atomic mass is 9.88. The Morgan fingerprint density at radius 1 is 0.564 bits per heavy atom. The summed E-state index contributed by atoms with van der Waals surface area (Å²) in [5, 5.41) is 19.1. The fraction of sp³-hybridized carbons (Fsp3) is 0.176. The molecule has 22 nitrogen and oxygen atoms in total. The smallest absolute Gasteiger partial charge is 0.323 e. The van der Waals surface area contributed by atoms with Crippen LogP contribution in [0.3, 0.4) is 0 Å². The molecule has 568 valence electrons. The highest BCUT2D eigenvalue weighted by Crippen LogP contribution is 2.24. The molecule has 0 atom stereocenters. The number of H-pyrrole nitrogens is 1.